The quantitative estimate of drug-likeness (QED) is 0.329. The maximum Gasteiger partial charge on any atom is 0.123 e. The molecule has 2 nitrogen and oxygen atoms in total. The molecule has 0 fully saturated rings. The van der Waals surface area contributed by atoms with Crippen molar-refractivity contribution in [2.75, 3.05) is 0 Å². The molecule has 0 saturated carbocycles. The maximum atomic E-state index is 12.7. The molecule has 1 N–H and O–H groups in total. The second-order valence-electron chi connectivity index (χ2n) is 2.55. The van der Waals surface area contributed by atoms with Crippen LogP contribution in [-0.2, 0) is 0 Å². The Morgan fingerprint density at radius 1 is 1.62 bits per heavy atom. The summed E-state index contributed by atoms with van der Waals surface area (Å²) in [5.74, 6) is -0.345. The van der Waals surface area contributed by atoms with E-state index in [1.54, 1.807) is 18.2 Å². The lowest BCUT2D eigenvalue weighted by Gasteiger charge is -2.00. The summed E-state index contributed by atoms with van der Waals surface area (Å²) in [5.41, 5.74) is 0.983. The Hall–Kier alpha value is -1.64. The molecule has 0 heterocycles. The van der Waals surface area contributed by atoms with Gasteiger partial charge in [-0.3, -0.25) is 0 Å². The van der Waals surface area contributed by atoms with Gasteiger partial charge in [-0.1, -0.05) is 23.4 Å². The average Bonchev–Trinajstić information content (AvgIpc) is 2.14. The predicted molar refractivity (Wildman–Crippen MR) is 49.5 cm³/mol. The third-order valence-electron chi connectivity index (χ3n) is 1.62. The summed E-state index contributed by atoms with van der Waals surface area (Å²) in [6.45, 7) is 3.51. The fourth-order valence-electron chi connectivity index (χ4n) is 1.02. The van der Waals surface area contributed by atoms with Crippen molar-refractivity contribution in [3.05, 3.63) is 48.3 Å². The van der Waals surface area contributed by atoms with Crippen molar-refractivity contribution in [2.45, 2.75) is 6.42 Å². The van der Waals surface area contributed by atoms with E-state index in [0.717, 1.165) is 0 Å². The smallest absolute Gasteiger partial charge is 0.123 e. The average molecular weight is 179 g/mol. The van der Waals surface area contributed by atoms with Crippen molar-refractivity contribution in [1.82, 2.24) is 0 Å². The molecule has 1 rings (SSSR count). The number of benzene rings is 1. The van der Waals surface area contributed by atoms with Crippen molar-refractivity contribution in [3.63, 3.8) is 0 Å². The van der Waals surface area contributed by atoms with Crippen molar-refractivity contribution >= 4 is 5.71 Å². The Balaban J connectivity index is 2.98. The molecular weight excluding hydrogens is 169 g/mol. The Morgan fingerprint density at radius 2 is 2.38 bits per heavy atom. The van der Waals surface area contributed by atoms with Gasteiger partial charge in [0.15, 0.2) is 0 Å². The minimum absolute atomic E-state index is 0.345. The van der Waals surface area contributed by atoms with E-state index in [1.807, 2.05) is 0 Å². The molecule has 0 bridgehead atoms. The van der Waals surface area contributed by atoms with Gasteiger partial charge >= 0.3 is 0 Å². The summed E-state index contributed by atoms with van der Waals surface area (Å²) >= 11 is 0. The molecule has 3 heteroatoms. The summed E-state index contributed by atoms with van der Waals surface area (Å²) in [4.78, 5) is 0. The molecule has 0 spiro atoms. The molecule has 0 aromatic heterocycles. The van der Waals surface area contributed by atoms with Crippen LogP contribution in [0.3, 0.4) is 0 Å². The van der Waals surface area contributed by atoms with Crippen LogP contribution in [0.25, 0.3) is 0 Å². The van der Waals surface area contributed by atoms with Crippen molar-refractivity contribution < 1.29 is 9.60 Å². The number of hydrogen-bond donors (Lipinski definition) is 1. The minimum Gasteiger partial charge on any atom is -0.411 e. The SMILES string of the molecule is C=CC/C(=N\O)c1cccc(F)c1. The predicted octanol–water partition coefficient (Wildman–Crippen LogP) is 2.58. The summed E-state index contributed by atoms with van der Waals surface area (Å²) in [7, 11) is 0. The van der Waals surface area contributed by atoms with Gasteiger partial charge in [-0.2, -0.15) is 0 Å². The molecule has 68 valence electrons. The molecule has 1 aromatic rings. The molecule has 0 amide bonds. The summed E-state index contributed by atoms with van der Waals surface area (Å²) in [6, 6.07) is 5.91. The normalized spacial score (nSPS) is 11.3. The van der Waals surface area contributed by atoms with Crippen LogP contribution < -0.4 is 0 Å². The second kappa shape index (κ2) is 4.40. The third kappa shape index (κ3) is 2.40. The van der Waals surface area contributed by atoms with Gasteiger partial charge in [0.25, 0.3) is 0 Å². The van der Waals surface area contributed by atoms with Gasteiger partial charge in [0.1, 0.15) is 5.82 Å². The van der Waals surface area contributed by atoms with Gasteiger partial charge in [-0.15, -0.1) is 6.58 Å². The van der Waals surface area contributed by atoms with Crippen LogP contribution in [-0.4, -0.2) is 10.9 Å². The van der Waals surface area contributed by atoms with E-state index in [2.05, 4.69) is 11.7 Å². The molecule has 0 aliphatic carbocycles. The summed E-state index contributed by atoms with van der Waals surface area (Å²) < 4.78 is 12.7. The van der Waals surface area contributed by atoms with E-state index in [4.69, 9.17) is 5.21 Å². The van der Waals surface area contributed by atoms with E-state index in [-0.39, 0.29) is 5.82 Å². The highest BCUT2D eigenvalue weighted by atomic mass is 19.1. The third-order valence-corrected chi connectivity index (χ3v) is 1.62. The second-order valence-corrected chi connectivity index (χ2v) is 2.55. The van der Waals surface area contributed by atoms with Gasteiger partial charge in [0, 0.05) is 12.0 Å². The Bertz CT molecular complexity index is 333. The molecule has 0 radical (unpaired) electrons. The molecule has 0 saturated heterocycles. The topological polar surface area (TPSA) is 32.6 Å². The first kappa shape index (κ1) is 9.45. The Morgan fingerprint density at radius 3 is 2.92 bits per heavy atom. The first-order chi connectivity index (χ1) is 6.27. The van der Waals surface area contributed by atoms with Gasteiger partial charge < -0.3 is 5.21 Å². The molecule has 13 heavy (non-hydrogen) atoms. The van der Waals surface area contributed by atoms with E-state index < -0.39 is 0 Å². The Labute approximate surface area is 76.0 Å². The molecule has 0 unspecified atom stereocenters. The van der Waals surface area contributed by atoms with Crippen LogP contribution in [0.1, 0.15) is 12.0 Å². The molecule has 1 aromatic carbocycles. The first-order valence-electron chi connectivity index (χ1n) is 3.85. The lowest BCUT2D eigenvalue weighted by Crippen LogP contribution is -1.99. The zero-order valence-corrected chi connectivity index (χ0v) is 7.07. The van der Waals surface area contributed by atoms with Gasteiger partial charge in [0.05, 0.1) is 5.71 Å². The molecule has 0 aliphatic rings. The van der Waals surface area contributed by atoms with E-state index >= 15 is 0 Å². The van der Waals surface area contributed by atoms with Gasteiger partial charge in [-0.25, -0.2) is 4.39 Å². The summed E-state index contributed by atoms with van der Waals surface area (Å²) in [6.07, 6.45) is 2.01. The standard InChI is InChI=1S/C10H10FNO/c1-2-4-10(12-13)8-5-3-6-9(11)7-8/h2-3,5-7,13H,1,4H2/b12-10+. The largest absolute Gasteiger partial charge is 0.411 e. The number of nitrogens with zero attached hydrogens (tertiary/aromatic N) is 1. The highest BCUT2D eigenvalue weighted by Gasteiger charge is 2.02. The van der Waals surface area contributed by atoms with Crippen LogP contribution in [0.15, 0.2) is 42.1 Å². The number of allylic oxidation sites excluding steroid dienone is 1. The van der Waals surface area contributed by atoms with Gasteiger partial charge in [-0.05, 0) is 12.1 Å². The fraction of sp³-hybridized carbons (Fsp3) is 0.100. The lowest BCUT2D eigenvalue weighted by atomic mass is 10.1. The monoisotopic (exact) mass is 179 g/mol. The van der Waals surface area contributed by atoms with Gasteiger partial charge in [0.2, 0.25) is 0 Å². The molecular formula is C10H10FNO. The Kier molecular flexibility index (Phi) is 3.20. The lowest BCUT2D eigenvalue weighted by molar-refractivity contribution is 0.318. The number of oxime groups is 1. The number of hydrogen-bond acceptors (Lipinski definition) is 2. The van der Waals surface area contributed by atoms with E-state index in [9.17, 15) is 4.39 Å². The van der Waals surface area contributed by atoms with Crippen LogP contribution >= 0.6 is 0 Å². The van der Waals surface area contributed by atoms with Crippen LogP contribution in [0.4, 0.5) is 4.39 Å². The fourth-order valence-corrected chi connectivity index (χ4v) is 1.02. The van der Waals surface area contributed by atoms with Crippen molar-refractivity contribution in [2.24, 2.45) is 5.16 Å². The summed E-state index contributed by atoms with van der Waals surface area (Å²) in [5, 5.41) is 11.7. The maximum absolute atomic E-state index is 12.7. The van der Waals surface area contributed by atoms with E-state index in [0.29, 0.717) is 17.7 Å². The highest BCUT2D eigenvalue weighted by molar-refractivity contribution is 6.00. The zero-order chi connectivity index (χ0) is 9.68. The van der Waals surface area contributed by atoms with Crippen LogP contribution in [0.2, 0.25) is 0 Å². The highest BCUT2D eigenvalue weighted by Crippen LogP contribution is 2.07. The molecule has 0 aliphatic heterocycles. The zero-order valence-electron chi connectivity index (χ0n) is 7.07. The van der Waals surface area contributed by atoms with Crippen LogP contribution in [0.5, 0.6) is 0 Å². The molecule has 0 atom stereocenters. The minimum atomic E-state index is -0.345. The van der Waals surface area contributed by atoms with E-state index in [1.165, 1.54) is 12.1 Å². The van der Waals surface area contributed by atoms with Crippen molar-refractivity contribution in [3.8, 4) is 0 Å². The van der Waals surface area contributed by atoms with Crippen molar-refractivity contribution in [1.29, 1.82) is 0 Å². The number of halogens is 1. The van der Waals surface area contributed by atoms with Crippen LogP contribution in [0, 0.1) is 5.82 Å². The number of rotatable bonds is 3. The first-order valence-corrected chi connectivity index (χ1v) is 3.85.